The molecule has 0 fully saturated rings. The highest BCUT2D eigenvalue weighted by atomic mass is 32.1. The topological polar surface area (TPSA) is 70.8 Å². The number of nitrogens with zero attached hydrogens (tertiary/aromatic N) is 2. The van der Waals surface area contributed by atoms with Crippen LogP contribution in [0, 0.1) is 5.82 Å². The molecular formula is C25H33FN4O2S. The Hall–Kier alpha value is -2.26. The van der Waals surface area contributed by atoms with E-state index in [9.17, 15) is 9.18 Å². The molecule has 8 heteroatoms. The lowest BCUT2D eigenvalue weighted by Crippen LogP contribution is -2.41. The van der Waals surface area contributed by atoms with Gasteiger partial charge in [0.1, 0.15) is 5.82 Å². The second kappa shape index (κ2) is 10.3. The van der Waals surface area contributed by atoms with E-state index in [1.54, 1.807) is 13.2 Å². The first-order valence-corrected chi connectivity index (χ1v) is 12.4. The summed E-state index contributed by atoms with van der Waals surface area (Å²) < 4.78 is 19.4. The van der Waals surface area contributed by atoms with Crippen molar-refractivity contribution in [1.82, 2.24) is 15.3 Å². The van der Waals surface area contributed by atoms with E-state index >= 15 is 0 Å². The molecule has 0 aliphatic carbocycles. The number of methoxy groups -OCH3 is 1. The molecule has 2 aromatic rings. The molecule has 2 aliphatic rings. The number of hydrazine groups is 1. The largest absolute Gasteiger partial charge is 0.376 e. The summed E-state index contributed by atoms with van der Waals surface area (Å²) in [6, 6.07) is 8.16. The van der Waals surface area contributed by atoms with Gasteiger partial charge in [-0.05, 0) is 48.6 Å². The van der Waals surface area contributed by atoms with Crippen LogP contribution in [-0.2, 0) is 11.2 Å². The molecule has 6 nitrogen and oxygen atoms in total. The van der Waals surface area contributed by atoms with Crippen molar-refractivity contribution in [1.29, 1.82) is 0 Å². The van der Waals surface area contributed by atoms with Crippen molar-refractivity contribution in [3.8, 4) is 0 Å². The zero-order chi connectivity index (χ0) is 23.5. The number of benzene rings is 1. The van der Waals surface area contributed by atoms with Crippen LogP contribution in [0.15, 0.2) is 35.9 Å². The standard InChI is InChI=1S/C25H33FN4O2S/c1-4-6-17-15-29(2)30-10-9-21(32-3)24-20(23(17)30)13-22(33-24)25(31)28-19(14-27)12-16-7-5-8-18(26)11-16/h5,7-8,11,13,19,21H,4,6,9-10,12,14-15,27H2,1-3H3,(H,28,31). The molecule has 2 aliphatic heterocycles. The van der Waals surface area contributed by atoms with Crippen LogP contribution in [0.5, 0.6) is 0 Å². The van der Waals surface area contributed by atoms with E-state index in [1.165, 1.54) is 34.7 Å². The number of rotatable bonds is 8. The Labute approximate surface area is 199 Å². The van der Waals surface area contributed by atoms with Gasteiger partial charge in [0.2, 0.25) is 0 Å². The quantitative estimate of drug-likeness (QED) is 0.609. The molecule has 0 saturated carbocycles. The minimum absolute atomic E-state index is 0.0430. The van der Waals surface area contributed by atoms with Gasteiger partial charge in [-0.2, -0.15) is 0 Å². The average Bonchev–Trinajstić information content (AvgIpc) is 3.31. The summed E-state index contributed by atoms with van der Waals surface area (Å²) in [5.74, 6) is -0.435. The maximum absolute atomic E-state index is 13.6. The van der Waals surface area contributed by atoms with Gasteiger partial charge in [-0.15, -0.1) is 11.3 Å². The summed E-state index contributed by atoms with van der Waals surface area (Å²) in [7, 11) is 3.85. The highest BCUT2D eigenvalue weighted by Crippen LogP contribution is 2.44. The number of fused-ring (bicyclic) bond motifs is 3. The maximum Gasteiger partial charge on any atom is 0.261 e. The van der Waals surface area contributed by atoms with Crippen LogP contribution >= 0.6 is 11.3 Å². The average molecular weight is 473 g/mol. The molecule has 0 radical (unpaired) electrons. The second-order valence-corrected chi connectivity index (χ2v) is 9.87. The van der Waals surface area contributed by atoms with Gasteiger partial charge in [0.15, 0.2) is 0 Å². The molecule has 0 saturated heterocycles. The second-order valence-electron chi connectivity index (χ2n) is 8.78. The normalized spacial score (nSPS) is 19.3. The molecule has 3 heterocycles. The summed E-state index contributed by atoms with van der Waals surface area (Å²) in [4.78, 5) is 15.0. The molecule has 1 aromatic carbocycles. The highest BCUT2D eigenvalue weighted by Gasteiger charge is 2.36. The number of nitrogens with one attached hydrogen (secondary N) is 1. The number of carbonyl (C=O) groups excluding carboxylic acids is 1. The third-order valence-corrected chi connectivity index (χ3v) is 7.61. The molecule has 4 rings (SSSR count). The Morgan fingerprint density at radius 2 is 2.21 bits per heavy atom. The lowest BCUT2D eigenvalue weighted by molar-refractivity contribution is 0.0558. The van der Waals surface area contributed by atoms with Gasteiger partial charge in [0.05, 0.1) is 16.7 Å². The van der Waals surface area contributed by atoms with E-state index in [2.05, 4.69) is 29.3 Å². The first kappa shape index (κ1) is 23.9. The molecule has 1 aromatic heterocycles. The van der Waals surface area contributed by atoms with Crippen molar-refractivity contribution in [2.75, 3.05) is 33.8 Å². The molecule has 2 atom stereocenters. The van der Waals surface area contributed by atoms with Crippen LogP contribution in [0.2, 0.25) is 0 Å². The highest BCUT2D eigenvalue weighted by molar-refractivity contribution is 7.14. The number of hydrogen-bond acceptors (Lipinski definition) is 6. The van der Waals surface area contributed by atoms with Crippen LogP contribution in [-0.4, -0.2) is 55.8 Å². The Balaban J connectivity index is 1.61. The van der Waals surface area contributed by atoms with Crippen molar-refractivity contribution in [3.05, 3.63) is 62.6 Å². The number of ether oxygens (including phenoxy) is 1. The zero-order valence-electron chi connectivity index (χ0n) is 19.6. The van der Waals surface area contributed by atoms with Gasteiger partial charge in [-0.1, -0.05) is 25.5 Å². The Bertz CT molecular complexity index is 1040. The number of likely N-dealkylation sites (N-methyl/N-ethyl adjacent to an activating group) is 1. The van der Waals surface area contributed by atoms with Crippen molar-refractivity contribution in [3.63, 3.8) is 0 Å². The van der Waals surface area contributed by atoms with Crippen LogP contribution in [0.4, 0.5) is 4.39 Å². The number of thiophene rings is 1. The predicted octanol–water partition coefficient (Wildman–Crippen LogP) is 3.95. The van der Waals surface area contributed by atoms with Gasteiger partial charge >= 0.3 is 0 Å². The Morgan fingerprint density at radius 1 is 1.39 bits per heavy atom. The lowest BCUT2D eigenvalue weighted by atomic mass is 10.0. The summed E-state index contributed by atoms with van der Waals surface area (Å²) in [5.41, 5.74) is 10.5. The molecule has 1 amide bonds. The van der Waals surface area contributed by atoms with E-state index in [0.29, 0.717) is 11.3 Å². The summed E-state index contributed by atoms with van der Waals surface area (Å²) in [6.45, 7) is 4.28. The smallest absolute Gasteiger partial charge is 0.261 e. The minimum Gasteiger partial charge on any atom is -0.376 e. The van der Waals surface area contributed by atoms with E-state index in [4.69, 9.17) is 10.5 Å². The lowest BCUT2D eigenvalue weighted by Gasteiger charge is -2.28. The van der Waals surface area contributed by atoms with Crippen molar-refractivity contribution in [2.45, 2.75) is 44.8 Å². The molecular weight excluding hydrogens is 439 g/mol. The van der Waals surface area contributed by atoms with E-state index in [-0.39, 0.29) is 30.4 Å². The van der Waals surface area contributed by atoms with E-state index in [0.717, 1.165) is 48.4 Å². The molecule has 178 valence electrons. The first-order chi connectivity index (χ1) is 15.9. The number of hydrogen-bond donors (Lipinski definition) is 2. The van der Waals surface area contributed by atoms with Crippen LogP contribution in [0.3, 0.4) is 0 Å². The van der Waals surface area contributed by atoms with Crippen LogP contribution in [0.25, 0.3) is 5.70 Å². The monoisotopic (exact) mass is 472 g/mol. The third-order valence-electron chi connectivity index (χ3n) is 6.39. The first-order valence-electron chi connectivity index (χ1n) is 11.6. The minimum atomic E-state index is -0.288. The van der Waals surface area contributed by atoms with Gasteiger partial charge in [0, 0.05) is 50.3 Å². The number of halogens is 1. The van der Waals surface area contributed by atoms with Crippen molar-refractivity contribution >= 4 is 22.9 Å². The summed E-state index contributed by atoms with van der Waals surface area (Å²) in [5, 5.41) is 7.66. The summed E-state index contributed by atoms with van der Waals surface area (Å²) in [6.07, 6.45) is 3.42. The Morgan fingerprint density at radius 3 is 2.91 bits per heavy atom. The van der Waals surface area contributed by atoms with Gasteiger partial charge < -0.3 is 20.8 Å². The fourth-order valence-corrected chi connectivity index (χ4v) is 6.01. The third kappa shape index (κ3) is 4.99. The van der Waals surface area contributed by atoms with Crippen molar-refractivity contribution < 1.29 is 13.9 Å². The summed E-state index contributed by atoms with van der Waals surface area (Å²) >= 11 is 1.50. The number of amides is 1. The fraction of sp³-hybridized carbons (Fsp3) is 0.480. The fourth-order valence-electron chi connectivity index (χ4n) is 4.84. The van der Waals surface area contributed by atoms with E-state index < -0.39 is 0 Å². The molecule has 0 bridgehead atoms. The van der Waals surface area contributed by atoms with E-state index in [1.807, 2.05) is 12.1 Å². The van der Waals surface area contributed by atoms with Crippen LogP contribution in [0.1, 0.15) is 58.0 Å². The van der Waals surface area contributed by atoms with Crippen molar-refractivity contribution in [2.24, 2.45) is 5.73 Å². The SMILES string of the molecule is CCCC1=C2c3cc(C(=O)NC(CN)Cc4cccc(F)c4)sc3C(OC)CCN2N(C)C1. The molecule has 3 N–H and O–H groups in total. The van der Waals surface area contributed by atoms with Crippen LogP contribution < -0.4 is 11.1 Å². The van der Waals surface area contributed by atoms with Gasteiger partial charge in [-0.3, -0.25) is 4.79 Å². The zero-order valence-corrected chi connectivity index (χ0v) is 20.4. The van der Waals surface area contributed by atoms with Gasteiger partial charge in [0.25, 0.3) is 5.91 Å². The predicted molar refractivity (Wildman–Crippen MR) is 130 cm³/mol. The maximum atomic E-state index is 13.6. The van der Waals surface area contributed by atoms with Gasteiger partial charge in [-0.25, -0.2) is 9.40 Å². The molecule has 33 heavy (non-hydrogen) atoms. The number of nitrogens with two attached hydrogens (primary N) is 1. The molecule has 2 unspecified atom stereocenters. The Kier molecular flexibility index (Phi) is 7.48. The number of carbonyl (C=O) groups is 1. The molecule has 0 spiro atoms.